The molecule has 0 amide bonds. The molecule has 4 aliphatic rings. The largest absolute Gasteiger partial charge is 0.449 e. The Morgan fingerprint density at radius 2 is 2.22 bits per heavy atom. The summed E-state index contributed by atoms with van der Waals surface area (Å²) in [4.78, 5) is 0. The number of benzene rings is 1. The van der Waals surface area contributed by atoms with Gasteiger partial charge in [-0.05, 0) is 49.8 Å². The first-order valence-corrected chi connectivity index (χ1v) is 7.46. The molecule has 0 aromatic heterocycles. The van der Waals surface area contributed by atoms with Crippen LogP contribution in [0.5, 0.6) is 11.5 Å². The number of rotatable bonds is 0. The normalized spacial score (nSPS) is 39.1. The molecule has 2 fully saturated rings. The summed E-state index contributed by atoms with van der Waals surface area (Å²) in [5, 5.41) is 3.78. The molecule has 2 heteroatoms. The van der Waals surface area contributed by atoms with E-state index in [0.717, 1.165) is 11.7 Å². The van der Waals surface area contributed by atoms with Crippen LogP contribution in [0.25, 0.3) is 0 Å². The number of hydrogen-bond acceptors (Lipinski definition) is 2. The third-order valence-corrected chi connectivity index (χ3v) is 5.92. The van der Waals surface area contributed by atoms with Crippen LogP contribution >= 0.6 is 0 Å². The van der Waals surface area contributed by atoms with Crippen molar-refractivity contribution in [3.63, 3.8) is 0 Å². The van der Waals surface area contributed by atoms with E-state index in [1.54, 1.807) is 11.1 Å². The maximum absolute atomic E-state index is 5.65. The highest BCUT2D eigenvalue weighted by Gasteiger charge is 2.53. The summed E-state index contributed by atoms with van der Waals surface area (Å²) in [5.41, 5.74) is 3.69. The van der Waals surface area contributed by atoms with Gasteiger partial charge in [0.2, 0.25) is 0 Å². The molecule has 1 N–H and O–H groups in total. The van der Waals surface area contributed by atoms with Gasteiger partial charge in [0.05, 0.1) is 0 Å². The quantitative estimate of drug-likeness (QED) is 0.717. The van der Waals surface area contributed by atoms with Crippen molar-refractivity contribution < 1.29 is 4.74 Å². The molecular formula is C16H19NO. The SMILES string of the molecule is c1cc2c(c3c1O3)C[C@H]1NCC[C@@]23CCCC[C@@H]13. The molecule has 94 valence electrons. The molecular weight excluding hydrogens is 222 g/mol. The molecule has 0 spiro atoms. The Labute approximate surface area is 108 Å². The van der Waals surface area contributed by atoms with E-state index in [9.17, 15) is 0 Å². The average Bonchev–Trinajstić information content (AvgIpc) is 3.18. The molecule has 2 heterocycles. The first-order chi connectivity index (χ1) is 8.88. The maximum atomic E-state index is 5.65. The first kappa shape index (κ1) is 9.85. The Balaban J connectivity index is 1.75. The molecule has 1 saturated heterocycles. The van der Waals surface area contributed by atoms with Gasteiger partial charge in [0.15, 0.2) is 11.5 Å². The van der Waals surface area contributed by atoms with E-state index in [4.69, 9.17) is 4.74 Å². The van der Waals surface area contributed by atoms with Crippen molar-refractivity contribution in [3.05, 3.63) is 23.3 Å². The fourth-order valence-electron chi connectivity index (χ4n) is 5.14. The molecule has 3 atom stereocenters. The molecule has 1 saturated carbocycles. The topological polar surface area (TPSA) is 24.6 Å². The highest BCUT2D eigenvalue weighted by atomic mass is 16.6. The lowest BCUT2D eigenvalue weighted by atomic mass is 9.53. The zero-order valence-electron chi connectivity index (χ0n) is 10.7. The summed E-state index contributed by atoms with van der Waals surface area (Å²) in [6.45, 7) is 1.21. The number of hydrogen-bond donors (Lipinski definition) is 1. The zero-order valence-corrected chi connectivity index (χ0v) is 10.7. The van der Waals surface area contributed by atoms with Gasteiger partial charge in [-0.1, -0.05) is 18.9 Å². The van der Waals surface area contributed by atoms with E-state index in [1.807, 2.05) is 0 Å². The Kier molecular flexibility index (Phi) is 1.70. The van der Waals surface area contributed by atoms with Gasteiger partial charge in [-0.15, -0.1) is 0 Å². The van der Waals surface area contributed by atoms with Crippen LogP contribution in [-0.2, 0) is 11.8 Å². The Morgan fingerprint density at radius 1 is 1.22 bits per heavy atom. The highest BCUT2D eigenvalue weighted by molar-refractivity contribution is 5.64. The summed E-state index contributed by atoms with van der Waals surface area (Å²) in [6.07, 6.45) is 8.21. The second kappa shape index (κ2) is 3.11. The smallest absolute Gasteiger partial charge is 0.173 e. The van der Waals surface area contributed by atoms with Gasteiger partial charge < -0.3 is 10.1 Å². The maximum Gasteiger partial charge on any atom is 0.173 e. The Hall–Kier alpha value is -1.02. The number of piperidine rings is 1. The summed E-state index contributed by atoms with van der Waals surface area (Å²) in [5.74, 6) is 3.24. The van der Waals surface area contributed by atoms with Gasteiger partial charge in [-0.3, -0.25) is 0 Å². The van der Waals surface area contributed by atoms with Crippen LogP contribution < -0.4 is 10.1 Å². The summed E-state index contributed by atoms with van der Waals surface area (Å²) >= 11 is 0. The van der Waals surface area contributed by atoms with Crippen molar-refractivity contribution in [2.45, 2.75) is 50.0 Å². The van der Waals surface area contributed by atoms with Gasteiger partial charge in [-0.2, -0.15) is 0 Å². The standard InChI is InChI=1S/C16H19NO/c1-2-6-16-7-8-17-13(12(16)3-1)9-10-11(16)4-5-14-15(10)18-14/h4-5,12-13,17H,1-3,6-9H2/t12-,13+,16-/m0/s1. The van der Waals surface area contributed by atoms with Crippen LogP contribution in [0.3, 0.4) is 0 Å². The molecule has 2 bridgehead atoms. The second-order valence-electron chi connectivity index (χ2n) is 6.54. The molecule has 0 unspecified atom stereocenters. The predicted octanol–water partition coefficient (Wildman–Crippen LogP) is 3.14. The monoisotopic (exact) mass is 241 g/mol. The highest BCUT2D eigenvalue weighted by Crippen LogP contribution is 2.60. The Bertz CT molecular complexity index is 534. The first-order valence-electron chi connectivity index (χ1n) is 7.46. The van der Waals surface area contributed by atoms with Crippen LogP contribution in [0.15, 0.2) is 12.1 Å². The lowest BCUT2D eigenvalue weighted by molar-refractivity contribution is 0.0798. The fraction of sp³-hybridized carbons (Fsp3) is 0.625. The van der Waals surface area contributed by atoms with Gasteiger partial charge >= 0.3 is 0 Å². The average molecular weight is 241 g/mol. The van der Waals surface area contributed by atoms with Crippen LogP contribution in [0, 0.1) is 5.92 Å². The van der Waals surface area contributed by atoms with Gasteiger partial charge in [0.25, 0.3) is 0 Å². The van der Waals surface area contributed by atoms with Crippen LogP contribution in [0.1, 0.15) is 43.2 Å². The molecule has 2 nitrogen and oxygen atoms in total. The lowest BCUT2D eigenvalue weighted by Crippen LogP contribution is -2.59. The number of ether oxygens (including phenoxy) is 1. The van der Waals surface area contributed by atoms with Crippen LogP contribution in [0.4, 0.5) is 0 Å². The van der Waals surface area contributed by atoms with E-state index in [1.165, 1.54) is 50.8 Å². The van der Waals surface area contributed by atoms with Gasteiger partial charge in [0, 0.05) is 17.0 Å². The number of fused-ring (bicyclic) bond motifs is 3. The van der Waals surface area contributed by atoms with Crippen molar-refractivity contribution in [1.82, 2.24) is 5.32 Å². The third-order valence-electron chi connectivity index (χ3n) is 5.92. The molecule has 1 aromatic rings. The summed E-state index contributed by atoms with van der Waals surface area (Å²) in [6, 6.07) is 5.31. The minimum absolute atomic E-state index is 0.489. The molecule has 0 radical (unpaired) electrons. The molecule has 2 aliphatic heterocycles. The van der Waals surface area contributed by atoms with E-state index < -0.39 is 0 Å². The van der Waals surface area contributed by atoms with E-state index >= 15 is 0 Å². The molecule has 18 heavy (non-hydrogen) atoms. The van der Waals surface area contributed by atoms with E-state index in [-0.39, 0.29) is 0 Å². The minimum atomic E-state index is 0.489. The Morgan fingerprint density at radius 3 is 3.22 bits per heavy atom. The number of nitrogens with one attached hydrogen (secondary N) is 1. The van der Waals surface area contributed by atoms with E-state index in [2.05, 4.69) is 17.4 Å². The fourth-order valence-corrected chi connectivity index (χ4v) is 5.14. The summed E-state index contributed by atoms with van der Waals surface area (Å²) in [7, 11) is 0. The van der Waals surface area contributed by atoms with Crippen molar-refractivity contribution >= 4 is 0 Å². The van der Waals surface area contributed by atoms with Gasteiger partial charge in [-0.25, -0.2) is 0 Å². The van der Waals surface area contributed by atoms with Crippen LogP contribution in [0.2, 0.25) is 0 Å². The predicted molar refractivity (Wildman–Crippen MR) is 70.3 cm³/mol. The third kappa shape index (κ3) is 1.04. The molecule has 5 rings (SSSR count). The van der Waals surface area contributed by atoms with Crippen molar-refractivity contribution in [3.8, 4) is 11.5 Å². The van der Waals surface area contributed by atoms with Gasteiger partial charge in [0.1, 0.15) is 0 Å². The molecule has 1 aromatic carbocycles. The lowest BCUT2D eigenvalue weighted by Gasteiger charge is -2.55. The van der Waals surface area contributed by atoms with Crippen LogP contribution in [-0.4, -0.2) is 12.6 Å². The van der Waals surface area contributed by atoms with E-state index in [0.29, 0.717) is 11.5 Å². The molecule has 2 aliphatic carbocycles. The minimum Gasteiger partial charge on any atom is -0.449 e. The van der Waals surface area contributed by atoms with Crippen molar-refractivity contribution in [2.24, 2.45) is 5.92 Å². The zero-order chi connectivity index (χ0) is 11.7. The van der Waals surface area contributed by atoms with Crippen molar-refractivity contribution in [2.75, 3.05) is 6.54 Å². The summed E-state index contributed by atoms with van der Waals surface area (Å²) < 4.78 is 5.65. The van der Waals surface area contributed by atoms with Crippen molar-refractivity contribution in [1.29, 1.82) is 0 Å². The second-order valence-corrected chi connectivity index (χ2v) is 6.54.